The molecule has 0 spiro atoms. The molecule has 0 unspecified atom stereocenters. The van der Waals surface area contributed by atoms with Gasteiger partial charge in [0.1, 0.15) is 17.8 Å². The van der Waals surface area contributed by atoms with Gasteiger partial charge in [-0.2, -0.15) is 0 Å². The van der Waals surface area contributed by atoms with Crippen LogP contribution in [0.2, 0.25) is 0 Å². The van der Waals surface area contributed by atoms with E-state index in [2.05, 4.69) is 74.6 Å². The molecule has 6 heteroatoms. The third-order valence-electron chi connectivity index (χ3n) is 6.09. The fourth-order valence-corrected chi connectivity index (χ4v) is 4.32. The third-order valence-corrected chi connectivity index (χ3v) is 6.09. The molecule has 152 valence electrons. The molecule has 0 saturated heterocycles. The highest BCUT2D eigenvalue weighted by atomic mass is 15.1. The Kier molecular flexibility index (Phi) is 4.85. The quantitative estimate of drug-likeness (QED) is 0.452. The lowest BCUT2D eigenvalue weighted by molar-refractivity contribution is 0.209. The van der Waals surface area contributed by atoms with E-state index >= 15 is 0 Å². The fourth-order valence-electron chi connectivity index (χ4n) is 4.32. The standard InChI is InChI=1S/C24H26N6/c25-12-17-9-20(10-17)30-14-21(22-23(26)28-15-29-24(22)30)18-7-4-8-19(11-18)27-13-16-5-2-1-3-6-16/h1-8,11,14-15,17,20,27H,9-10,12-13,25H2,(H2,26,28,29). The van der Waals surface area contributed by atoms with Gasteiger partial charge in [0.2, 0.25) is 0 Å². The molecule has 6 nitrogen and oxygen atoms in total. The molecule has 2 aromatic heterocycles. The van der Waals surface area contributed by atoms with Crippen LogP contribution in [0.25, 0.3) is 22.2 Å². The van der Waals surface area contributed by atoms with Crippen molar-refractivity contribution in [2.75, 3.05) is 17.6 Å². The normalized spacial score (nSPS) is 18.3. The maximum Gasteiger partial charge on any atom is 0.146 e. The zero-order chi connectivity index (χ0) is 20.5. The lowest BCUT2D eigenvalue weighted by Crippen LogP contribution is -2.31. The molecule has 4 aromatic rings. The first kappa shape index (κ1) is 18.6. The molecule has 2 aromatic carbocycles. The molecule has 0 aliphatic heterocycles. The van der Waals surface area contributed by atoms with Gasteiger partial charge in [-0.1, -0.05) is 42.5 Å². The largest absolute Gasteiger partial charge is 0.383 e. The van der Waals surface area contributed by atoms with Crippen molar-refractivity contribution in [1.29, 1.82) is 0 Å². The van der Waals surface area contributed by atoms with E-state index in [1.54, 1.807) is 6.33 Å². The molecule has 1 fully saturated rings. The maximum absolute atomic E-state index is 6.29. The van der Waals surface area contributed by atoms with Gasteiger partial charge >= 0.3 is 0 Å². The van der Waals surface area contributed by atoms with Crippen molar-refractivity contribution >= 4 is 22.5 Å². The number of hydrogen-bond donors (Lipinski definition) is 3. The average molecular weight is 399 g/mol. The number of nitrogens with one attached hydrogen (secondary N) is 1. The Balaban J connectivity index is 1.49. The number of anilines is 2. The van der Waals surface area contributed by atoms with Crippen molar-refractivity contribution in [3.63, 3.8) is 0 Å². The Bertz CT molecular complexity index is 1160. The summed E-state index contributed by atoms with van der Waals surface area (Å²) in [7, 11) is 0. The first-order valence-corrected chi connectivity index (χ1v) is 10.4. The molecule has 0 radical (unpaired) electrons. The summed E-state index contributed by atoms with van der Waals surface area (Å²) < 4.78 is 2.26. The van der Waals surface area contributed by atoms with Crippen molar-refractivity contribution in [3.8, 4) is 11.1 Å². The first-order chi connectivity index (χ1) is 14.7. The summed E-state index contributed by atoms with van der Waals surface area (Å²) >= 11 is 0. The van der Waals surface area contributed by atoms with Crippen LogP contribution < -0.4 is 16.8 Å². The summed E-state index contributed by atoms with van der Waals surface area (Å²) in [6, 6.07) is 19.2. The summed E-state index contributed by atoms with van der Waals surface area (Å²) in [4.78, 5) is 8.82. The number of rotatable bonds is 6. The van der Waals surface area contributed by atoms with E-state index in [0.717, 1.165) is 53.8 Å². The Morgan fingerprint density at radius 2 is 1.87 bits per heavy atom. The number of hydrogen-bond acceptors (Lipinski definition) is 5. The van der Waals surface area contributed by atoms with Crippen molar-refractivity contribution in [2.45, 2.75) is 25.4 Å². The predicted molar refractivity (Wildman–Crippen MR) is 122 cm³/mol. The van der Waals surface area contributed by atoms with Gasteiger partial charge in [0.15, 0.2) is 0 Å². The first-order valence-electron chi connectivity index (χ1n) is 10.4. The molecule has 5 rings (SSSR count). The fraction of sp³-hybridized carbons (Fsp3) is 0.250. The van der Waals surface area contributed by atoms with E-state index in [-0.39, 0.29) is 0 Å². The molecule has 0 atom stereocenters. The Labute approximate surface area is 175 Å². The Morgan fingerprint density at radius 3 is 2.67 bits per heavy atom. The van der Waals surface area contributed by atoms with Crippen LogP contribution in [0.15, 0.2) is 67.1 Å². The van der Waals surface area contributed by atoms with Gasteiger partial charge in [-0.25, -0.2) is 9.97 Å². The third kappa shape index (κ3) is 3.39. The van der Waals surface area contributed by atoms with E-state index < -0.39 is 0 Å². The number of nitrogens with two attached hydrogens (primary N) is 2. The van der Waals surface area contributed by atoms with Crippen molar-refractivity contribution in [3.05, 3.63) is 72.7 Å². The summed E-state index contributed by atoms with van der Waals surface area (Å²) in [5.74, 6) is 1.12. The van der Waals surface area contributed by atoms with Crippen LogP contribution in [0.3, 0.4) is 0 Å². The Hall–Kier alpha value is -3.38. The monoisotopic (exact) mass is 398 g/mol. The van der Waals surface area contributed by atoms with Gasteiger partial charge in [0.25, 0.3) is 0 Å². The molecule has 1 aliphatic rings. The topological polar surface area (TPSA) is 94.8 Å². The summed E-state index contributed by atoms with van der Waals surface area (Å²) in [5.41, 5.74) is 17.5. The second-order valence-corrected chi connectivity index (χ2v) is 8.05. The minimum absolute atomic E-state index is 0.420. The highest BCUT2D eigenvalue weighted by Gasteiger charge is 2.31. The van der Waals surface area contributed by atoms with Crippen LogP contribution >= 0.6 is 0 Å². The van der Waals surface area contributed by atoms with Crippen molar-refractivity contribution in [1.82, 2.24) is 14.5 Å². The number of benzene rings is 2. The van der Waals surface area contributed by atoms with Crippen LogP contribution in [-0.4, -0.2) is 21.1 Å². The van der Waals surface area contributed by atoms with Crippen LogP contribution in [0.1, 0.15) is 24.4 Å². The predicted octanol–water partition coefficient (Wildman–Crippen LogP) is 4.20. The molecule has 1 saturated carbocycles. The molecule has 0 bridgehead atoms. The number of aromatic nitrogens is 3. The number of nitrogen functional groups attached to an aromatic ring is 1. The molecular weight excluding hydrogens is 372 g/mol. The van der Waals surface area contributed by atoms with E-state index in [9.17, 15) is 0 Å². The molecule has 2 heterocycles. The van der Waals surface area contributed by atoms with Gasteiger partial charge in [-0.3, -0.25) is 0 Å². The molecule has 1 aliphatic carbocycles. The number of nitrogens with zero attached hydrogens (tertiary/aromatic N) is 3. The summed E-state index contributed by atoms with van der Waals surface area (Å²) in [6.45, 7) is 1.52. The highest BCUT2D eigenvalue weighted by Crippen LogP contribution is 2.42. The SMILES string of the molecule is NCC1CC(n2cc(-c3cccc(NCc4ccccc4)c3)c3c(N)ncnc32)C1. The number of fused-ring (bicyclic) bond motifs is 1. The van der Waals surface area contributed by atoms with Crippen LogP contribution in [0, 0.1) is 5.92 Å². The van der Waals surface area contributed by atoms with Crippen molar-refractivity contribution < 1.29 is 0 Å². The van der Waals surface area contributed by atoms with Crippen LogP contribution in [0.5, 0.6) is 0 Å². The molecule has 0 amide bonds. The van der Waals surface area contributed by atoms with E-state index in [1.165, 1.54) is 5.56 Å². The maximum atomic E-state index is 6.29. The summed E-state index contributed by atoms with van der Waals surface area (Å²) in [6.07, 6.45) is 5.91. The Morgan fingerprint density at radius 1 is 1.03 bits per heavy atom. The molecule has 5 N–H and O–H groups in total. The highest BCUT2D eigenvalue weighted by molar-refractivity contribution is 6.01. The van der Waals surface area contributed by atoms with E-state index in [0.29, 0.717) is 17.8 Å². The second kappa shape index (κ2) is 7.80. The van der Waals surface area contributed by atoms with Gasteiger partial charge in [0.05, 0.1) is 5.39 Å². The van der Waals surface area contributed by atoms with Gasteiger partial charge in [-0.05, 0) is 48.6 Å². The van der Waals surface area contributed by atoms with Crippen LogP contribution in [-0.2, 0) is 6.54 Å². The lowest BCUT2D eigenvalue weighted by Gasteiger charge is -2.35. The average Bonchev–Trinajstić information content (AvgIpc) is 3.13. The second-order valence-electron chi connectivity index (χ2n) is 8.05. The summed E-state index contributed by atoms with van der Waals surface area (Å²) in [5, 5.41) is 4.44. The van der Waals surface area contributed by atoms with E-state index in [4.69, 9.17) is 11.5 Å². The minimum atomic E-state index is 0.420. The zero-order valence-corrected chi connectivity index (χ0v) is 16.8. The van der Waals surface area contributed by atoms with E-state index in [1.807, 2.05) is 6.07 Å². The van der Waals surface area contributed by atoms with Gasteiger partial charge < -0.3 is 21.4 Å². The minimum Gasteiger partial charge on any atom is -0.383 e. The zero-order valence-electron chi connectivity index (χ0n) is 16.8. The van der Waals surface area contributed by atoms with Crippen LogP contribution in [0.4, 0.5) is 11.5 Å². The smallest absolute Gasteiger partial charge is 0.146 e. The lowest BCUT2D eigenvalue weighted by atomic mass is 9.80. The van der Waals surface area contributed by atoms with Gasteiger partial charge in [-0.15, -0.1) is 0 Å². The molecule has 30 heavy (non-hydrogen) atoms. The van der Waals surface area contributed by atoms with Gasteiger partial charge in [0, 0.05) is 30.0 Å². The molecular formula is C24H26N6. The van der Waals surface area contributed by atoms with Crippen molar-refractivity contribution in [2.24, 2.45) is 11.7 Å².